The topological polar surface area (TPSA) is 83.0 Å². The van der Waals surface area contributed by atoms with Crippen molar-refractivity contribution < 1.29 is 9.90 Å². The number of hydrogen-bond acceptors (Lipinski definition) is 4. The molecule has 78 valence electrons. The molecule has 0 aliphatic heterocycles. The summed E-state index contributed by atoms with van der Waals surface area (Å²) >= 11 is 1.17. The predicted octanol–water partition coefficient (Wildman–Crippen LogP) is 1.25. The molecule has 0 atom stereocenters. The second kappa shape index (κ2) is 3.47. The summed E-state index contributed by atoms with van der Waals surface area (Å²) < 4.78 is 0. The molecule has 2 aromatic heterocycles. The number of carboxylic acids is 1. The summed E-state index contributed by atoms with van der Waals surface area (Å²) in [6.45, 7) is 1.87. The minimum atomic E-state index is -1.10. The van der Waals surface area contributed by atoms with Gasteiger partial charge in [0, 0.05) is 11.8 Å². The Morgan fingerprint density at radius 3 is 3.00 bits per heavy atom. The fourth-order valence-electron chi connectivity index (χ4n) is 1.32. The van der Waals surface area contributed by atoms with Gasteiger partial charge in [0.15, 0.2) is 0 Å². The van der Waals surface area contributed by atoms with E-state index in [1.807, 2.05) is 6.92 Å². The molecule has 0 amide bonds. The van der Waals surface area contributed by atoms with Gasteiger partial charge in [0.05, 0.1) is 10.9 Å². The van der Waals surface area contributed by atoms with E-state index in [0.717, 1.165) is 0 Å². The van der Waals surface area contributed by atoms with Crippen molar-refractivity contribution in [3.63, 3.8) is 0 Å². The molecule has 5 nitrogen and oxygen atoms in total. The zero-order chi connectivity index (χ0) is 11.0. The molecule has 0 aromatic carbocycles. The highest BCUT2D eigenvalue weighted by molar-refractivity contribution is 7.17. The number of nitrogens with one attached hydrogen (secondary N) is 1. The van der Waals surface area contributed by atoms with Gasteiger partial charge in [-0.15, -0.1) is 11.3 Å². The fraction of sp³-hybridized carbons (Fsp3) is 0.222. The van der Waals surface area contributed by atoms with Crippen molar-refractivity contribution >= 4 is 27.5 Å². The molecule has 0 unspecified atom stereocenters. The van der Waals surface area contributed by atoms with Crippen LogP contribution in [0.2, 0.25) is 0 Å². The van der Waals surface area contributed by atoms with Gasteiger partial charge in [0.25, 0.3) is 5.56 Å². The van der Waals surface area contributed by atoms with E-state index in [9.17, 15) is 9.59 Å². The number of H-pyrrole nitrogens is 1. The number of hydrogen-bond donors (Lipinski definition) is 2. The SMILES string of the molecule is CCc1nc2scc(C(=O)O)c2c(=O)[nH]1. The summed E-state index contributed by atoms with van der Waals surface area (Å²) in [6.07, 6.45) is 0.617. The standard InChI is InChI=1S/C9H8N2O3S/c1-2-5-10-7(12)6-4(9(13)14)3-15-8(6)11-5/h3H,2H2,1H3,(H,13,14)(H,10,11,12). The normalized spacial score (nSPS) is 10.7. The molecule has 15 heavy (non-hydrogen) atoms. The molecular weight excluding hydrogens is 216 g/mol. The zero-order valence-corrected chi connectivity index (χ0v) is 8.72. The summed E-state index contributed by atoms with van der Waals surface area (Å²) in [5.74, 6) is -0.524. The Labute approximate surface area is 88.4 Å². The number of aromatic amines is 1. The molecule has 0 fully saturated rings. The van der Waals surface area contributed by atoms with Gasteiger partial charge in [-0.05, 0) is 0 Å². The first kappa shape index (κ1) is 9.85. The quantitative estimate of drug-likeness (QED) is 0.804. The lowest BCUT2D eigenvalue weighted by Crippen LogP contribution is -2.12. The molecule has 2 rings (SSSR count). The van der Waals surface area contributed by atoms with Crippen LogP contribution in [0.15, 0.2) is 10.2 Å². The van der Waals surface area contributed by atoms with Crippen LogP contribution in [0.5, 0.6) is 0 Å². The Morgan fingerprint density at radius 2 is 2.40 bits per heavy atom. The van der Waals surface area contributed by atoms with Gasteiger partial charge in [0.2, 0.25) is 0 Å². The van der Waals surface area contributed by atoms with Crippen molar-refractivity contribution in [3.05, 3.63) is 27.1 Å². The maximum Gasteiger partial charge on any atom is 0.337 e. The van der Waals surface area contributed by atoms with E-state index in [-0.39, 0.29) is 16.5 Å². The molecule has 0 saturated carbocycles. The van der Waals surface area contributed by atoms with Gasteiger partial charge in [0.1, 0.15) is 10.7 Å². The highest BCUT2D eigenvalue weighted by Crippen LogP contribution is 2.20. The second-order valence-corrected chi connectivity index (χ2v) is 3.86. The molecule has 6 heteroatoms. The van der Waals surface area contributed by atoms with Crippen LogP contribution in [0, 0.1) is 0 Å². The molecule has 0 bridgehead atoms. The summed E-state index contributed by atoms with van der Waals surface area (Å²) in [7, 11) is 0. The van der Waals surface area contributed by atoms with Crippen LogP contribution in [-0.4, -0.2) is 21.0 Å². The Kier molecular flexibility index (Phi) is 2.28. The van der Waals surface area contributed by atoms with E-state index < -0.39 is 5.97 Å². The summed E-state index contributed by atoms with van der Waals surface area (Å²) in [4.78, 5) is 29.6. The monoisotopic (exact) mass is 224 g/mol. The Balaban J connectivity index is 2.83. The van der Waals surface area contributed by atoms with Crippen LogP contribution >= 0.6 is 11.3 Å². The molecule has 0 radical (unpaired) electrons. The Hall–Kier alpha value is -1.69. The van der Waals surface area contributed by atoms with E-state index in [2.05, 4.69) is 9.97 Å². The number of rotatable bonds is 2. The number of aromatic nitrogens is 2. The third kappa shape index (κ3) is 1.52. The number of fused-ring (bicyclic) bond motifs is 1. The van der Waals surface area contributed by atoms with Gasteiger partial charge in [-0.25, -0.2) is 9.78 Å². The van der Waals surface area contributed by atoms with Crippen LogP contribution in [0.25, 0.3) is 10.2 Å². The maximum absolute atomic E-state index is 11.6. The third-order valence-corrected chi connectivity index (χ3v) is 2.93. The second-order valence-electron chi connectivity index (χ2n) is 3.00. The van der Waals surface area contributed by atoms with E-state index in [1.54, 1.807) is 0 Å². The zero-order valence-electron chi connectivity index (χ0n) is 7.90. The first-order valence-corrected chi connectivity index (χ1v) is 5.25. The molecule has 2 aromatic rings. The van der Waals surface area contributed by atoms with Crippen molar-refractivity contribution in [3.8, 4) is 0 Å². The number of nitrogens with zero attached hydrogens (tertiary/aromatic N) is 1. The average Bonchev–Trinajstić information content (AvgIpc) is 2.61. The minimum Gasteiger partial charge on any atom is -0.478 e. The maximum atomic E-state index is 11.6. The van der Waals surface area contributed by atoms with Crippen molar-refractivity contribution in [1.29, 1.82) is 0 Å². The van der Waals surface area contributed by atoms with E-state index in [0.29, 0.717) is 17.1 Å². The van der Waals surface area contributed by atoms with Gasteiger partial charge in [-0.3, -0.25) is 4.79 Å². The van der Waals surface area contributed by atoms with Gasteiger partial charge in [-0.1, -0.05) is 6.92 Å². The van der Waals surface area contributed by atoms with Gasteiger partial charge < -0.3 is 10.1 Å². The van der Waals surface area contributed by atoms with Crippen molar-refractivity contribution in [2.45, 2.75) is 13.3 Å². The van der Waals surface area contributed by atoms with Crippen molar-refractivity contribution in [2.75, 3.05) is 0 Å². The van der Waals surface area contributed by atoms with Crippen LogP contribution in [-0.2, 0) is 6.42 Å². The number of thiophene rings is 1. The lowest BCUT2D eigenvalue weighted by molar-refractivity contribution is 0.0699. The predicted molar refractivity (Wildman–Crippen MR) is 56.6 cm³/mol. The summed E-state index contributed by atoms with van der Waals surface area (Å²) in [5.41, 5.74) is -0.359. The van der Waals surface area contributed by atoms with E-state index in [1.165, 1.54) is 16.7 Å². The number of aromatic carboxylic acids is 1. The minimum absolute atomic E-state index is 0.0198. The number of aryl methyl sites for hydroxylation is 1. The lowest BCUT2D eigenvalue weighted by Gasteiger charge is -1.96. The van der Waals surface area contributed by atoms with Crippen molar-refractivity contribution in [1.82, 2.24) is 9.97 Å². The highest BCUT2D eigenvalue weighted by atomic mass is 32.1. The average molecular weight is 224 g/mol. The first-order chi connectivity index (χ1) is 7.13. The summed E-state index contributed by atoms with van der Waals surface area (Å²) in [5, 5.41) is 10.5. The molecule has 2 heterocycles. The number of carboxylic acid groups (broad SMARTS) is 1. The fourth-order valence-corrected chi connectivity index (χ4v) is 2.25. The van der Waals surface area contributed by atoms with Crippen LogP contribution in [0.1, 0.15) is 23.1 Å². The smallest absolute Gasteiger partial charge is 0.337 e. The molecule has 2 N–H and O–H groups in total. The van der Waals surface area contributed by atoms with Crippen LogP contribution < -0.4 is 5.56 Å². The van der Waals surface area contributed by atoms with Crippen molar-refractivity contribution in [2.24, 2.45) is 0 Å². The molecule has 0 aliphatic carbocycles. The largest absolute Gasteiger partial charge is 0.478 e. The molecule has 0 aliphatic rings. The van der Waals surface area contributed by atoms with Crippen LogP contribution in [0.4, 0.5) is 0 Å². The molecule has 0 saturated heterocycles. The van der Waals surface area contributed by atoms with Gasteiger partial charge >= 0.3 is 5.97 Å². The van der Waals surface area contributed by atoms with E-state index >= 15 is 0 Å². The summed E-state index contributed by atoms with van der Waals surface area (Å²) in [6, 6.07) is 0. The third-order valence-electron chi connectivity index (χ3n) is 2.06. The first-order valence-electron chi connectivity index (χ1n) is 4.37. The van der Waals surface area contributed by atoms with Crippen LogP contribution in [0.3, 0.4) is 0 Å². The highest BCUT2D eigenvalue weighted by Gasteiger charge is 2.15. The molecule has 0 spiro atoms. The molecular formula is C9H8N2O3S. The number of carbonyl (C=O) groups is 1. The lowest BCUT2D eigenvalue weighted by atomic mass is 10.2. The van der Waals surface area contributed by atoms with Gasteiger partial charge in [-0.2, -0.15) is 0 Å². The van der Waals surface area contributed by atoms with E-state index in [4.69, 9.17) is 5.11 Å². The Bertz CT molecular complexity index is 585. The Morgan fingerprint density at radius 1 is 1.67 bits per heavy atom.